The summed E-state index contributed by atoms with van der Waals surface area (Å²) < 4.78 is 5.32. The summed E-state index contributed by atoms with van der Waals surface area (Å²) in [5.74, 6) is 6.59. The molecule has 0 bridgehead atoms. The highest BCUT2D eigenvalue weighted by Crippen LogP contribution is 2.18. The lowest BCUT2D eigenvalue weighted by atomic mass is 10.0. The third kappa shape index (κ3) is 4.41. The van der Waals surface area contributed by atoms with E-state index in [-0.39, 0.29) is 11.8 Å². The minimum absolute atomic E-state index is 0.0812. The van der Waals surface area contributed by atoms with Crippen molar-refractivity contribution in [1.82, 2.24) is 10.3 Å². The number of aromatic nitrogens is 1. The van der Waals surface area contributed by atoms with Gasteiger partial charge in [-0.15, -0.1) is 0 Å². The Labute approximate surface area is 125 Å². The van der Waals surface area contributed by atoms with Crippen LogP contribution in [0, 0.1) is 5.92 Å². The van der Waals surface area contributed by atoms with Gasteiger partial charge in [-0.2, -0.15) is 0 Å². The fraction of sp³-hybridized carbons (Fsp3) is 0.600. The van der Waals surface area contributed by atoms with Gasteiger partial charge in [-0.05, 0) is 36.8 Å². The molecule has 2 rings (SSSR count). The topological polar surface area (TPSA) is 89.3 Å². The molecule has 116 valence electrons. The van der Waals surface area contributed by atoms with Crippen LogP contribution >= 0.6 is 0 Å². The van der Waals surface area contributed by atoms with Gasteiger partial charge in [0.15, 0.2) is 0 Å². The lowest BCUT2D eigenvalue weighted by Crippen LogP contribution is -2.32. The van der Waals surface area contributed by atoms with Crippen LogP contribution in [0.3, 0.4) is 0 Å². The molecule has 2 heterocycles. The number of hydrazine groups is 1. The molecule has 1 aromatic rings. The van der Waals surface area contributed by atoms with Gasteiger partial charge >= 0.3 is 0 Å². The maximum atomic E-state index is 12.3. The van der Waals surface area contributed by atoms with E-state index in [2.05, 4.69) is 15.7 Å². The second-order valence-corrected chi connectivity index (χ2v) is 5.73. The lowest BCUT2D eigenvalue weighted by Gasteiger charge is -2.22. The van der Waals surface area contributed by atoms with Crippen LogP contribution in [-0.2, 0) is 4.74 Å². The summed E-state index contributed by atoms with van der Waals surface area (Å²) in [5, 5.41) is 3.00. The van der Waals surface area contributed by atoms with Crippen molar-refractivity contribution in [3.63, 3.8) is 0 Å². The fourth-order valence-corrected chi connectivity index (χ4v) is 2.34. The molecule has 21 heavy (non-hydrogen) atoms. The molecule has 6 nitrogen and oxygen atoms in total. The quantitative estimate of drug-likeness (QED) is 0.567. The zero-order valence-corrected chi connectivity index (χ0v) is 12.7. The van der Waals surface area contributed by atoms with Gasteiger partial charge in [0.2, 0.25) is 0 Å². The van der Waals surface area contributed by atoms with Crippen LogP contribution in [0.2, 0.25) is 0 Å². The van der Waals surface area contributed by atoms with Gasteiger partial charge in [0.1, 0.15) is 5.82 Å². The number of hydrogen-bond donors (Lipinski definition) is 3. The number of nitrogens with two attached hydrogens (primary N) is 1. The monoisotopic (exact) mass is 292 g/mol. The average Bonchev–Trinajstić information content (AvgIpc) is 2.53. The predicted molar refractivity (Wildman–Crippen MR) is 82.0 cm³/mol. The second-order valence-electron chi connectivity index (χ2n) is 5.73. The maximum Gasteiger partial charge on any atom is 0.251 e. The van der Waals surface area contributed by atoms with Crippen molar-refractivity contribution < 1.29 is 9.53 Å². The maximum absolute atomic E-state index is 12.3. The Morgan fingerprint density at radius 1 is 1.43 bits per heavy atom. The Bertz CT molecular complexity index is 485. The molecule has 0 atom stereocenters. The number of anilines is 1. The number of nitrogens with zero attached hydrogens (tertiary/aromatic N) is 1. The molecule has 0 radical (unpaired) electrons. The number of pyridine rings is 1. The van der Waals surface area contributed by atoms with Gasteiger partial charge in [-0.1, -0.05) is 13.8 Å². The molecule has 1 fully saturated rings. The first kappa shape index (κ1) is 15.7. The van der Waals surface area contributed by atoms with Gasteiger partial charge in [0, 0.05) is 31.0 Å². The van der Waals surface area contributed by atoms with Gasteiger partial charge in [-0.3, -0.25) is 4.79 Å². The highest BCUT2D eigenvalue weighted by Gasteiger charge is 2.16. The van der Waals surface area contributed by atoms with Crippen LogP contribution in [0.25, 0.3) is 0 Å². The lowest BCUT2D eigenvalue weighted by molar-refractivity contribution is 0.0642. The number of hydrogen-bond acceptors (Lipinski definition) is 5. The Hall–Kier alpha value is -1.66. The summed E-state index contributed by atoms with van der Waals surface area (Å²) in [4.78, 5) is 16.6. The summed E-state index contributed by atoms with van der Waals surface area (Å²) >= 11 is 0. The number of carbonyl (C=O) groups excluding carboxylic acids is 1. The van der Waals surface area contributed by atoms with Crippen LogP contribution in [-0.4, -0.2) is 30.6 Å². The van der Waals surface area contributed by atoms with Crippen LogP contribution < -0.4 is 16.6 Å². The van der Waals surface area contributed by atoms with Crippen LogP contribution in [0.1, 0.15) is 48.7 Å². The predicted octanol–water partition coefficient (Wildman–Crippen LogP) is 1.65. The third-order valence-corrected chi connectivity index (χ3v) is 3.74. The summed E-state index contributed by atoms with van der Waals surface area (Å²) in [6.45, 7) is 6.33. The normalized spacial score (nSPS) is 16.0. The Balaban J connectivity index is 2.02. The number of carbonyl (C=O) groups is 1. The standard InChI is InChI=1S/C15H24N4O2/c1-10(2)13-7-12(8-14(18-13)19-16)15(20)17-9-11-3-5-21-6-4-11/h7-8,10-11H,3-6,9,16H2,1-2H3,(H,17,20)(H,18,19). The molecule has 1 aliphatic heterocycles. The van der Waals surface area contributed by atoms with Gasteiger partial charge in [0.05, 0.1) is 0 Å². The van der Waals surface area contributed by atoms with E-state index < -0.39 is 0 Å². The van der Waals surface area contributed by atoms with E-state index in [1.54, 1.807) is 6.07 Å². The van der Waals surface area contributed by atoms with Crippen LogP contribution in [0.4, 0.5) is 5.82 Å². The molecule has 1 aliphatic rings. The number of nitrogen functional groups attached to an aromatic ring is 1. The SMILES string of the molecule is CC(C)c1cc(C(=O)NCC2CCOCC2)cc(NN)n1. The number of nitrogens with one attached hydrogen (secondary N) is 2. The smallest absolute Gasteiger partial charge is 0.251 e. The molecule has 0 spiro atoms. The van der Waals surface area contributed by atoms with Crippen molar-refractivity contribution in [2.75, 3.05) is 25.2 Å². The minimum atomic E-state index is -0.0812. The zero-order valence-electron chi connectivity index (χ0n) is 12.7. The first-order valence-corrected chi connectivity index (χ1v) is 7.44. The van der Waals surface area contributed by atoms with Crippen LogP contribution in [0.5, 0.6) is 0 Å². The largest absolute Gasteiger partial charge is 0.381 e. The molecule has 6 heteroatoms. The van der Waals surface area contributed by atoms with Gasteiger partial charge in [-0.25, -0.2) is 10.8 Å². The minimum Gasteiger partial charge on any atom is -0.381 e. The molecule has 1 amide bonds. The van der Waals surface area contributed by atoms with Gasteiger partial charge in [0.25, 0.3) is 5.91 Å². The zero-order chi connectivity index (χ0) is 15.2. The molecule has 1 aromatic heterocycles. The molecular weight excluding hydrogens is 268 g/mol. The van der Waals surface area contributed by atoms with Crippen LogP contribution in [0.15, 0.2) is 12.1 Å². The molecule has 4 N–H and O–H groups in total. The summed E-state index contributed by atoms with van der Waals surface area (Å²) in [5.41, 5.74) is 3.96. The first-order chi connectivity index (χ1) is 10.1. The van der Waals surface area contributed by atoms with E-state index in [1.165, 1.54) is 0 Å². The van der Waals surface area contributed by atoms with E-state index in [9.17, 15) is 4.79 Å². The molecule has 0 aromatic carbocycles. The Kier molecular flexibility index (Phi) is 5.52. The van der Waals surface area contributed by atoms with Crippen molar-refractivity contribution in [1.29, 1.82) is 0 Å². The summed E-state index contributed by atoms with van der Waals surface area (Å²) in [7, 11) is 0. The Morgan fingerprint density at radius 2 is 2.14 bits per heavy atom. The van der Waals surface area contributed by atoms with Crippen molar-refractivity contribution in [3.05, 3.63) is 23.4 Å². The van der Waals surface area contributed by atoms with Crippen molar-refractivity contribution in [3.8, 4) is 0 Å². The number of amides is 1. The number of rotatable bonds is 5. The first-order valence-electron chi connectivity index (χ1n) is 7.44. The van der Waals surface area contributed by atoms with E-state index in [0.29, 0.717) is 23.8 Å². The third-order valence-electron chi connectivity index (χ3n) is 3.74. The van der Waals surface area contributed by atoms with E-state index in [1.807, 2.05) is 19.9 Å². The Morgan fingerprint density at radius 3 is 2.76 bits per heavy atom. The molecular formula is C15H24N4O2. The molecule has 0 unspecified atom stereocenters. The van der Waals surface area contributed by atoms with E-state index in [4.69, 9.17) is 10.6 Å². The van der Waals surface area contributed by atoms with E-state index >= 15 is 0 Å². The molecule has 1 saturated heterocycles. The van der Waals surface area contributed by atoms with E-state index in [0.717, 1.165) is 31.7 Å². The highest BCUT2D eigenvalue weighted by atomic mass is 16.5. The van der Waals surface area contributed by atoms with Gasteiger partial charge < -0.3 is 15.5 Å². The average molecular weight is 292 g/mol. The summed E-state index contributed by atoms with van der Waals surface area (Å²) in [6, 6.07) is 3.50. The summed E-state index contributed by atoms with van der Waals surface area (Å²) in [6.07, 6.45) is 2.01. The van der Waals surface area contributed by atoms with Crippen molar-refractivity contribution in [2.45, 2.75) is 32.6 Å². The number of ether oxygens (including phenoxy) is 1. The molecule has 0 saturated carbocycles. The van der Waals surface area contributed by atoms with Crippen molar-refractivity contribution >= 4 is 11.7 Å². The fourth-order valence-electron chi connectivity index (χ4n) is 2.34. The van der Waals surface area contributed by atoms with Crippen molar-refractivity contribution in [2.24, 2.45) is 11.8 Å². The second kappa shape index (κ2) is 7.38. The highest BCUT2D eigenvalue weighted by molar-refractivity contribution is 5.95. The molecule has 0 aliphatic carbocycles.